The van der Waals surface area contributed by atoms with Crippen LogP contribution < -0.4 is 10.5 Å². The van der Waals surface area contributed by atoms with Gasteiger partial charge < -0.3 is 10.5 Å². The van der Waals surface area contributed by atoms with E-state index in [9.17, 15) is 4.39 Å². The second-order valence-corrected chi connectivity index (χ2v) is 4.97. The SMILES string of the molecule is NC1(c2cc(F)ccc2OC2CC2)CCC1. The molecule has 0 aliphatic heterocycles. The molecule has 0 bridgehead atoms. The van der Waals surface area contributed by atoms with Crippen molar-refractivity contribution in [2.75, 3.05) is 0 Å². The second-order valence-electron chi connectivity index (χ2n) is 4.97. The van der Waals surface area contributed by atoms with Crippen LogP contribution in [0.4, 0.5) is 4.39 Å². The van der Waals surface area contributed by atoms with Gasteiger partial charge in [-0.2, -0.15) is 0 Å². The summed E-state index contributed by atoms with van der Waals surface area (Å²) >= 11 is 0. The normalized spacial score (nSPS) is 22.6. The second kappa shape index (κ2) is 3.45. The molecule has 0 unspecified atom stereocenters. The molecule has 16 heavy (non-hydrogen) atoms. The summed E-state index contributed by atoms with van der Waals surface area (Å²) in [5.74, 6) is 0.556. The van der Waals surface area contributed by atoms with E-state index >= 15 is 0 Å². The molecule has 2 N–H and O–H groups in total. The lowest BCUT2D eigenvalue weighted by atomic mass is 9.72. The van der Waals surface area contributed by atoms with E-state index in [-0.39, 0.29) is 11.4 Å². The maximum absolute atomic E-state index is 13.3. The monoisotopic (exact) mass is 221 g/mol. The van der Waals surface area contributed by atoms with Gasteiger partial charge in [-0.05, 0) is 50.3 Å². The lowest BCUT2D eigenvalue weighted by molar-refractivity contribution is 0.230. The number of halogens is 1. The van der Waals surface area contributed by atoms with Crippen LogP contribution in [0, 0.1) is 5.82 Å². The first-order valence-electron chi connectivity index (χ1n) is 5.93. The Balaban J connectivity index is 1.95. The summed E-state index contributed by atoms with van der Waals surface area (Å²) in [4.78, 5) is 0. The molecule has 2 nitrogen and oxygen atoms in total. The van der Waals surface area contributed by atoms with E-state index in [0.29, 0.717) is 6.10 Å². The topological polar surface area (TPSA) is 35.2 Å². The molecule has 0 spiro atoms. The Labute approximate surface area is 94.6 Å². The van der Waals surface area contributed by atoms with Crippen LogP contribution in [-0.4, -0.2) is 6.10 Å². The third-order valence-electron chi connectivity index (χ3n) is 3.54. The lowest BCUT2D eigenvalue weighted by Gasteiger charge is -2.39. The van der Waals surface area contributed by atoms with E-state index in [0.717, 1.165) is 43.4 Å². The molecule has 1 aromatic rings. The Hall–Kier alpha value is -1.09. The highest BCUT2D eigenvalue weighted by Crippen LogP contribution is 2.44. The minimum atomic E-state index is -0.355. The van der Waals surface area contributed by atoms with Gasteiger partial charge in [0.15, 0.2) is 0 Å². The van der Waals surface area contributed by atoms with Crippen molar-refractivity contribution in [2.45, 2.75) is 43.7 Å². The summed E-state index contributed by atoms with van der Waals surface area (Å²) in [5.41, 5.74) is 6.74. The molecular formula is C13H16FNO. The fourth-order valence-electron chi connectivity index (χ4n) is 2.19. The van der Waals surface area contributed by atoms with E-state index in [1.165, 1.54) is 12.1 Å². The average molecular weight is 221 g/mol. The van der Waals surface area contributed by atoms with E-state index in [1.807, 2.05) is 0 Å². The van der Waals surface area contributed by atoms with Crippen LogP contribution in [0.15, 0.2) is 18.2 Å². The van der Waals surface area contributed by atoms with Gasteiger partial charge in [0.25, 0.3) is 0 Å². The first-order valence-corrected chi connectivity index (χ1v) is 5.93. The van der Waals surface area contributed by atoms with E-state index in [1.54, 1.807) is 6.07 Å². The lowest BCUT2D eigenvalue weighted by Crippen LogP contribution is -2.43. The third-order valence-corrected chi connectivity index (χ3v) is 3.54. The standard InChI is InChI=1S/C13H16FNO/c14-9-2-5-12(16-10-3-4-10)11(8-9)13(15)6-1-7-13/h2,5,8,10H,1,3-4,6-7,15H2. The Morgan fingerprint density at radius 1 is 1.31 bits per heavy atom. The minimum Gasteiger partial charge on any atom is -0.490 e. The Morgan fingerprint density at radius 2 is 2.06 bits per heavy atom. The number of hydrogen-bond donors (Lipinski definition) is 1. The molecule has 0 atom stereocenters. The van der Waals surface area contributed by atoms with Crippen LogP contribution in [0.5, 0.6) is 5.75 Å². The Kier molecular flexibility index (Phi) is 2.18. The zero-order chi connectivity index (χ0) is 11.2. The molecule has 0 radical (unpaired) electrons. The van der Waals surface area contributed by atoms with Crippen molar-refractivity contribution < 1.29 is 9.13 Å². The smallest absolute Gasteiger partial charge is 0.124 e. The molecule has 3 heteroatoms. The van der Waals surface area contributed by atoms with Crippen LogP contribution in [-0.2, 0) is 5.54 Å². The van der Waals surface area contributed by atoms with Crippen molar-refractivity contribution in [1.82, 2.24) is 0 Å². The van der Waals surface area contributed by atoms with E-state index in [2.05, 4.69) is 0 Å². The predicted molar refractivity (Wildman–Crippen MR) is 59.8 cm³/mol. The molecule has 1 aromatic carbocycles. The fraction of sp³-hybridized carbons (Fsp3) is 0.538. The summed E-state index contributed by atoms with van der Waals surface area (Å²) < 4.78 is 19.1. The molecule has 0 heterocycles. The summed E-state index contributed by atoms with van der Waals surface area (Å²) in [6.07, 6.45) is 5.51. The fourth-order valence-corrected chi connectivity index (χ4v) is 2.19. The predicted octanol–water partition coefficient (Wildman–Crippen LogP) is 2.70. The highest BCUT2D eigenvalue weighted by molar-refractivity contribution is 5.41. The molecule has 86 valence electrons. The van der Waals surface area contributed by atoms with Crippen LogP contribution in [0.2, 0.25) is 0 Å². The summed E-state index contributed by atoms with van der Waals surface area (Å²) in [6.45, 7) is 0. The van der Waals surface area contributed by atoms with Gasteiger partial charge in [0.2, 0.25) is 0 Å². The van der Waals surface area contributed by atoms with Crippen LogP contribution >= 0.6 is 0 Å². The van der Waals surface area contributed by atoms with Gasteiger partial charge >= 0.3 is 0 Å². The summed E-state index contributed by atoms with van der Waals surface area (Å²) in [7, 11) is 0. The number of nitrogens with two attached hydrogens (primary N) is 1. The van der Waals surface area contributed by atoms with Gasteiger partial charge in [0.1, 0.15) is 11.6 Å². The molecule has 0 saturated heterocycles. The minimum absolute atomic E-state index is 0.227. The Bertz CT molecular complexity index is 410. The molecule has 0 amide bonds. The molecule has 2 fully saturated rings. The molecule has 2 aliphatic carbocycles. The van der Waals surface area contributed by atoms with Crippen molar-refractivity contribution in [3.63, 3.8) is 0 Å². The van der Waals surface area contributed by atoms with Gasteiger partial charge in [0.05, 0.1) is 6.10 Å². The molecule has 2 saturated carbocycles. The number of benzene rings is 1. The van der Waals surface area contributed by atoms with Gasteiger partial charge in [-0.15, -0.1) is 0 Å². The van der Waals surface area contributed by atoms with E-state index in [4.69, 9.17) is 10.5 Å². The average Bonchev–Trinajstić information content (AvgIpc) is 3.01. The molecule has 0 aromatic heterocycles. The summed E-state index contributed by atoms with van der Waals surface area (Å²) in [6, 6.07) is 4.70. The van der Waals surface area contributed by atoms with Gasteiger partial charge in [-0.1, -0.05) is 0 Å². The van der Waals surface area contributed by atoms with Crippen molar-refractivity contribution in [3.05, 3.63) is 29.6 Å². The molecule has 2 aliphatic rings. The van der Waals surface area contributed by atoms with Crippen LogP contribution in [0.1, 0.15) is 37.7 Å². The first kappa shape index (κ1) is 10.1. The van der Waals surface area contributed by atoms with Crippen molar-refractivity contribution in [3.8, 4) is 5.75 Å². The van der Waals surface area contributed by atoms with Crippen molar-refractivity contribution in [1.29, 1.82) is 0 Å². The maximum atomic E-state index is 13.3. The van der Waals surface area contributed by atoms with Crippen molar-refractivity contribution in [2.24, 2.45) is 5.73 Å². The third kappa shape index (κ3) is 1.69. The van der Waals surface area contributed by atoms with Crippen LogP contribution in [0.3, 0.4) is 0 Å². The van der Waals surface area contributed by atoms with Crippen LogP contribution in [0.25, 0.3) is 0 Å². The zero-order valence-electron chi connectivity index (χ0n) is 9.21. The Morgan fingerprint density at radius 3 is 2.62 bits per heavy atom. The van der Waals surface area contributed by atoms with Gasteiger partial charge in [0, 0.05) is 11.1 Å². The van der Waals surface area contributed by atoms with Crippen molar-refractivity contribution >= 4 is 0 Å². The van der Waals surface area contributed by atoms with Gasteiger partial charge in [-0.3, -0.25) is 0 Å². The maximum Gasteiger partial charge on any atom is 0.124 e. The number of rotatable bonds is 3. The van der Waals surface area contributed by atoms with E-state index < -0.39 is 0 Å². The highest BCUT2D eigenvalue weighted by atomic mass is 19.1. The zero-order valence-corrected chi connectivity index (χ0v) is 9.21. The van der Waals surface area contributed by atoms with Gasteiger partial charge in [-0.25, -0.2) is 4.39 Å². The number of ether oxygens (including phenoxy) is 1. The number of hydrogen-bond acceptors (Lipinski definition) is 2. The largest absolute Gasteiger partial charge is 0.490 e. The highest BCUT2D eigenvalue weighted by Gasteiger charge is 2.38. The summed E-state index contributed by atoms with van der Waals surface area (Å²) in [5, 5.41) is 0. The molecule has 3 rings (SSSR count). The first-order chi connectivity index (χ1) is 7.67. The quantitative estimate of drug-likeness (QED) is 0.851. The molecular weight excluding hydrogens is 205 g/mol.